The van der Waals surface area contributed by atoms with Crippen LogP contribution in [-0.2, 0) is 15.1 Å². The molecule has 0 amide bonds. The summed E-state index contributed by atoms with van der Waals surface area (Å²) >= 11 is 0. The van der Waals surface area contributed by atoms with Crippen LogP contribution in [0.15, 0.2) is 30.3 Å². The first-order valence-corrected chi connectivity index (χ1v) is 5.89. The van der Waals surface area contributed by atoms with Crippen molar-refractivity contribution in [3.05, 3.63) is 47.5 Å². The minimum atomic E-state index is -0.907. The molecule has 100 valence electrons. The molecule has 0 fully saturated rings. The number of halogens is 2. The minimum Gasteiger partial charge on any atom is -0.455 e. The Kier molecular flexibility index (Phi) is 3.27. The lowest BCUT2D eigenvalue weighted by molar-refractivity contribution is -0.154. The summed E-state index contributed by atoms with van der Waals surface area (Å²) in [6.45, 7) is 4.74. The highest BCUT2D eigenvalue weighted by Gasteiger charge is 2.26. The van der Waals surface area contributed by atoms with Crippen molar-refractivity contribution in [2.45, 2.75) is 26.4 Å². The molecule has 0 saturated carbocycles. The Morgan fingerprint density at radius 3 is 2.42 bits per heavy atom. The van der Waals surface area contributed by atoms with Crippen LogP contribution in [0, 0.1) is 11.6 Å². The Morgan fingerprint density at radius 1 is 1.11 bits per heavy atom. The second-order valence-electron chi connectivity index (χ2n) is 4.89. The zero-order chi connectivity index (χ0) is 14.2. The number of esters is 1. The minimum absolute atomic E-state index is 0.178. The van der Waals surface area contributed by atoms with Crippen LogP contribution in [0.4, 0.5) is 8.78 Å². The van der Waals surface area contributed by atoms with E-state index < -0.39 is 23.2 Å². The lowest BCUT2D eigenvalue weighted by Gasteiger charge is -2.26. The van der Waals surface area contributed by atoms with E-state index in [4.69, 9.17) is 4.74 Å². The third-order valence-electron chi connectivity index (χ3n) is 2.97. The van der Waals surface area contributed by atoms with E-state index in [2.05, 4.69) is 0 Å². The maximum absolute atomic E-state index is 13.7. The molecule has 0 aliphatic carbocycles. The molecule has 0 atom stereocenters. The normalized spacial score (nSPS) is 11.6. The van der Waals surface area contributed by atoms with E-state index in [1.807, 2.05) is 0 Å². The average molecular weight is 264 g/mol. The Balaban J connectivity index is 2.68. The van der Waals surface area contributed by atoms with Gasteiger partial charge in [-0.3, -0.25) is 4.79 Å². The van der Waals surface area contributed by atoms with Gasteiger partial charge in [0.15, 0.2) is 0 Å². The molecule has 19 heavy (non-hydrogen) atoms. The number of hydrogen-bond donors (Lipinski definition) is 0. The van der Waals surface area contributed by atoms with E-state index in [1.54, 1.807) is 19.9 Å². The number of fused-ring (bicyclic) bond motifs is 1. The van der Waals surface area contributed by atoms with Gasteiger partial charge in [-0.1, -0.05) is 12.1 Å². The molecule has 0 radical (unpaired) electrons. The fourth-order valence-corrected chi connectivity index (χ4v) is 2.22. The summed E-state index contributed by atoms with van der Waals surface area (Å²) in [5.41, 5.74) is -0.269. The van der Waals surface area contributed by atoms with Gasteiger partial charge >= 0.3 is 5.97 Å². The van der Waals surface area contributed by atoms with Crippen LogP contribution in [-0.4, -0.2) is 5.97 Å². The van der Waals surface area contributed by atoms with Crippen LogP contribution in [0.3, 0.4) is 0 Å². The standard InChI is InChI=1S/C15H14F2O2/c1-9(18)19-15(2,3)13-6-7-14(17)12-8-10(16)4-5-11(12)13/h4-8H,1-3H3. The molecule has 0 aliphatic heterocycles. The van der Waals surface area contributed by atoms with Gasteiger partial charge in [0.2, 0.25) is 0 Å². The number of carbonyl (C=O) groups excluding carboxylic acids is 1. The van der Waals surface area contributed by atoms with E-state index in [9.17, 15) is 13.6 Å². The summed E-state index contributed by atoms with van der Waals surface area (Å²) in [5, 5.41) is 0.713. The van der Waals surface area contributed by atoms with Crippen LogP contribution in [0.2, 0.25) is 0 Å². The highest BCUT2D eigenvalue weighted by molar-refractivity contribution is 5.87. The van der Waals surface area contributed by atoms with Crippen molar-refractivity contribution < 1.29 is 18.3 Å². The van der Waals surface area contributed by atoms with Crippen molar-refractivity contribution in [1.29, 1.82) is 0 Å². The largest absolute Gasteiger partial charge is 0.455 e. The predicted molar refractivity (Wildman–Crippen MR) is 68.7 cm³/mol. The molecule has 0 saturated heterocycles. The zero-order valence-electron chi connectivity index (χ0n) is 11.0. The van der Waals surface area contributed by atoms with Gasteiger partial charge in [0.05, 0.1) is 0 Å². The van der Waals surface area contributed by atoms with Crippen molar-refractivity contribution in [3.63, 3.8) is 0 Å². The number of hydrogen-bond acceptors (Lipinski definition) is 2. The van der Waals surface area contributed by atoms with Crippen molar-refractivity contribution in [1.82, 2.24) is 0 Å². The molecule has 0 unspecified atom stereocenters. The summed E-state index contributed by atoms with van der Waals surface area (Å²) in [5.74, 6) is -1.43. The smallest absolute Gasteiger partial charge is 0.303 e. The fraction of sp³-hybridized carbons (Fsp3) is 0.267. The SMILES string of the molecule is CC(=O)OC(C)(C)c1ccc(F)c2cc(F)ccc12. The van der Waals surface area contributed by atoms with Gasteiger partial charge in [0.25, 0.3) is 0 Å². The summed E-state index contributed by atoms with van der Waals surface area (Å²) in [7, 11) is 0. The highest BCUT2D eigenvalue weighted by atomic mass is 19.1. The lowest BCUT2D eigenvalue weighted by Crippen LogP contribution is -2.24. The van der Waals surface area contributed by atoms with Crippen LogP contribution in [0.1, 0.15) is 26.3 Å². The first-order chi connectivity index (χ1) is 8.81. The summed E-state index contributed by atoms with van der Waals surface area (Å²) < 4.78 is 32.2. The zero-order valence-corrected chi connectivity index (χ0v) is 11.0. The molecule has 0 heterocycles. The summed E-state index contributed by atoms with van der Waals surface area (Å²) in [4.78, 5) is 11.1. The van der Waals surface area contributed by atoms with Gasteiger partial charge < -0.3 is 4.74 Å². The first-order valence-electron chi connectivity index (χ1n) is 5.89. The van der Waals surface area contributed by atoms with Crippen molar-refractivity contribution in [2.24, 2.45) is 0 Å². The maximum atomic E-state index is 13.7. The van der Waals surface area contributed by atoms with E-state index in [0.717, 1.165) is 6.07 Å². The van der Waals surface area contributed by atoms with E-state index >= 15 is 0 Å². The highest BCUT2D eigenvalue weighted by Crippen LogP contribution is 2.33. The number of carbonyl (C=O) groups is 1. The van der Waals surface area contributed by atoms with Crippen molar-refractivity contribution >= 4 is 16.7 Å². The Morgan fingerprint density at radius 2 is 1.79 bits per heavy atom. The third-order valence-corrected chi connectivity index (χ3v) is 2.97. The van der Waals surface area contributed by atoms with Gasteiger partial charge in [0, 0.05) is 17.9 Å². The molecule has 4 heteroatoms. The Labute approximate surface area is 110 Å². The first kappa shape index (κ1) is 13.5. The molecule has 2 aromatic rings. The molecule has 2 rings (SSSR count). The lowest BCUT2D eigenvalue weighted by atomic mass is 9.92. The Hall–Kier alpha value is -1.97. The molecule has 2 nitrogen and oxygen atoms in total. The topological polar surface area (TPSA) is 26.3 Å². The molecule has 0 N–H and O–H groups in total. The fourth-order valence-electron chi connectivity index (χ4n) is 2.22. The summed E-state index contributed by atoms with van der Waals surface area (Å²) in [6, 6.07) is 6.70. The third kappa shape index (κ3) is 2.57. The van der Waals surface area contributed by atoms with Crippen molar-refractivity contribution in [3.8, 4) is 0 Å². The van der Waals surface area contributed by atoms with Crippen LogP contribution in [0.25, 0.3) is 10.8 Å². The summed E-state index contributed by atoms with van der Waals surface area (Å²) in [6.07, 6.45) is 0. The van der Waals surface area contributed by atoms with Crippen LogP contribution >= 0.6 is 0 Å². The van der Waals surface area contributed by atoms with Gasteiger partial charge in [-0.05, 0) is 37.4 Å². The van der Waals surface area contributed by atoms with E-state index in [0.29, 0.717) is 10.9 Å². The van der Waals surface area contributed by atoms with Gasteiger partial charge in [-0.25, -0.2) is 8.78 Å². The molecule has 0 aliphatic rings. The second kappa shape index (κ2) is 4.61. The molecule has 0 bridgehead atoms. The Bertz CT molecular complexity index is 648. The second-order valence-corrected chi connectivity index (χ2v) is 4.89. The van der Waals surface area contributed by atoms with E-state index in [1.165, 1.54) is 25.1 Å². The van der Waals surface area contributed by atoms with Gasteiger partial charge in [0.1, 0.15) is 17.2 Å². The monoisotopic (exact) mass is 264 g/mol. The molecular formula is C15H14F2O2. The predicted octanol–water partition coefficient (Wildman–Crippen LogP) is 3.92. The van der Waals surface area contributed by atoms with Crippen LogP contribution < -0.4 is 0 Å². The number of rotatable bonds is 2. The van der Waals surface area contributed by atoms with Gasteiger partial charge in [-0.2, -0.15) is 0 Å². The number of ether oxygens (including phenoxy) is 1. The van der Waals surface area contributed by atoms with Crippen molar-refractivity contribution in [2.75, 3.05) is 0 Å². The quantitative estimate of drug-likeness (QED) is 0.768. The van der Waals surface area contributed by atoms with E-state index in [-0.39, 0.29) is 5.39 Å². The molecule has 0 spiro atoms. The molecular weight excluding hydrogens is 250 g/mol. The van der Waals surface area contributed by atoms with Gasteiger partial charge in [-0.15, -0.1) is 0 Å². The number of benzene rings is 2. The van der Waals surface area contributed by atoms with Crippen LogP contribution in [0.5, 0.6) is 0 Å². The molecule has 0 aromatic heterocycles. The average Bonchev–Trinajstić information content (AvgIpc) is 2.28. The maximum Gasteiger partial charge on any atom is 0.303 e. The molecule has 2 aromatic carbocycles.